The van der Waals surface area contributed by atoms with Crippen LogP contribution in [-0.4, -0.2) is 5.91 Å². The largest absolute Gasteiger partial charge is 0.324 e. The van der Waals surface area contributed by atoms with Crippen molar-refractivity contribution in [3.8, 4) is 0 Å². The smallest absolute Gasteiger partial charge is 0.246 e. The maximum atomic E-state index is 14.2. The van der Waals surface area contributed by atoms with Crippen LogP contribution < -0.4 is 10.6 Å². The maximum Gasteiger partial charge on any atom is 0.246 e. The molecule has 0 bridgehead atoms. The second-order valence-electron chi connectivity index (χ2n) is 7.21. The molecule has 3 aromatic carbocycles. The van der Waals surface area contributed by atoms with E-state index in [1.807, 2.05) is 62.4 Å². The predicted octanol–water partition coefficient (Wildman–Crippen LogP) is 5.61. The van der Waals surface area contributed by atoms with Crippen molar-refractivity contribution in [3.63, 3.8) is 0 Å². The van der Waals surface area contributed by atoms with Crippen molar-refractivity contribution in [1.82, 2.24) is 5.32 Å². The summed E-state index contributed by atoms with van der Waals surface area (Å²) >= 11 is 0. The Balaban J connectivity index is 1.88. The van der Waals surface area contributed by atoms with E-state index in [1.54, 1.807) is 6.92 Å². The highest BCUT2D eigenvalue weighted by molar-refractivity contribution is 5.96. The van der Waals surface area contributed by atoms with Crippen LogP contribution in [0.2, 0.25) is 0 Å². The lowest BCUT2D eigenvalue weighted by atomic mass is 10.0. The monoisotopic (exact) mass is 394 g/mol. The Labute approximate surface area is 169 Å². The topological polar surface area (TPSA) is 41.1 Å². The molecule has 5 heteroatoms. The highest BCUT2D eigenvalue weighted by Gasteiger charge is 2.24. The molecule has 3 nitrogen and oxygen atoms in total. The van der Waals surface area contributed by atoms with E-state index in [-0.39, 0.29) is 5.91 Å². The Kier molecular flexibility index (Phi) is 6.39. The fourth-order valence-corrected chi connectivity index (χ4v) is 3.24. The molecule has 0 saturated heterocycles. The number of nitrogens with one attached hydrogen (secondary N) is 2. The molecule has 2 atom stereocenters. The number of aryl methyl sites for hydroxylation is 2. The van der Waals surface area contributed by atoms with Crippen molar-refractivity contribution < 1.29 is 13.6 Å². The van der Waals surface area contributed by atoms with Gasteiger partial charge in [0.1, 0.15) is 17.7 Å². The molecule has 29 heavy (non-hydrogen) atoms. The first kappa shape index (κ1) is 20.7. The minimum absolute atomic E-state index is 0.251. The molecule has 0 fully saturated rings. The van der Waals surface area contributed by atoms with Crippen LogP contribution in [0, 0.1) is 25.5 Å². The molecule has 0 aromatic heterocycles. The number of rotatable bonds is 6. The van der Waals surface area contributed by atoms with Crippen LogP contribution in [0.4, 0.5) is 14.5 Å². The summed E-state index contributed by atoms with van der Waals surface area (Å²) in [6.07, 6.45) is 0. The van der Waals surface area contributed by atoms with Gasteiger partial charge in [-0.3, -0.25) is 10.1 Å². The number of anilines is 1. The number of carbonyl (C=O) groups excluding carboxylic acids is 1. The second-order valence-corrected chi connectivity index (χ2v) is 7.21. The van der Waals surface area contributed by atoms with Crippen LogP contribution in [-0.2, 0) is 4.79 Å². The lowest BCUT2D eigenvalue weighted by molar-refractivity contribution is -0.118. The number of hydrogen-bond acceptors (Lipinski definition) is 2. The summed E-state index contributed by atoms with van der Waals surface area (Å²) in [7, 11) is 0. The minimum atomic E-state index is -0.712. The molecule has 0 aliphatic carbocycles. The lowest BCUT2D eigenvalue weighted by Crippen LogP contribution is -2.35. The average Bonchev–Trinajstić information content (AvgIpc) is 2.69. The van der Waals surface area contributed by atoms with Crippen molar-refractivity contribution >= 4 is 11.6 Å². The average molecular weight is 394 g/mol. The third-order valence-corrected chi connectivity index (χ3v) is 4.89. The molecule has 3 rings (SSSR count). The number of hydrogen-bond donors (Lipinski definition) is 2. The quantitative estimate of drug-likeness (QED) is 0.570. The summed E-state index contributed by atoms with van der Waals surface area (Å²) in [5.74, 6) is -1.53. The van der Waals surface area contributed by atoms with Crippen LogP contribution in [0.5, 0.6) is 0 Å². The third-order valence-electron chi connectivity index (χ3n) is 4.89. The predicted molar refractivity (Wildman–Crippen MR) is 112 cm³/mol. The Bertz CT molecular complexity index is 1010. The van der Waals surface area contributed by atoms with Gasteiger partial charge >= 0.3 is 0 Å². The van der Waals surface area contributed by atoms with Gasteiger partial charge in [0.25, 0.3) is 0 Å². The zero-order valence-corrected chi connectivity index (χ0v) is 16.7. The first-order chi connectivity index (χ1) is 13.8. The molecule has 2 N–H and O–H groups in total. The van der Waals surface area contributed by atoms with Crippen LogP contribution in [0.25, 0.3) is 0 Å². The molecule has 1 amide bonds. The summed E-state index contributed by atoms with van der Waals surface area (Å²) in [5.41, 5.74) is 3.78. The third kappa shape index (κ3) is 5.06. The highest BCUT2D eigenvalue weighted by atomic mass is 19.1. The van der Waals surface area contributed by atoms with Crippen molar-refractivity contribution in [1.29, 1.82) is 0 Å². The lowest BCUT2D eigenvalue weighted by Gasteiger charge is -2.24. The SMILES string of the molecule is Cc1ccc(C)c(NC(=O)[C@@H](N[C@@H](C)c2ccc(F)cc2F)c2ccccc2)c1. The minimum Gasteiger partial charge on any atom is -0.324 e. The molecule has 0 unspecified atom stereocenters. The van der Waals surface area contributed by atoms with E-state index in [0.29, 0.717) is 5.56 Å². The molecule has 0 radical (unpaired) electrons. The van der Waals surface area contributed by atoms with Gasteiger partial charge in [-0.25, -0.2) is 8.78 Å². The second kappa shape index (κ2) is 8.97. The molecule has 0 aliphatic rings. The van der Waals surface area contributed by atoms with Crippen LogP contribution in [0.1, 0.15) is 41.3 Å². The Morgan fingerprint density at radius 2 is 1.66 bits per heavy atom. The summed E-state index contributed by atoms with van der Waals surface area (Å²) in [6, 6.07) is 17.3. The molecule has 150 valence electrons. The van der Waals surface area contributed by atoms with Gasteiger partial charge in [0, 0.05) is 23.4 Å². The zero-order chi connectivity index (χ0) is 21.0. The van der Waals surface area contributed by atoms with E-state index in [4.69, 9.17) is 0 Å². The van der Waals surface area contributed by atoms with Crippen LogP contribution in [0.15, 0.2) is 66.7 Å². The summed E-state index contributed by atoms with van der Waals surface area (Å²) in [6.45, 7) is 5.63. The standard InChI is InChI=1S/C24H24F2N2O/c1-15-9-10-16(2)22(13-15)28-24(29)23(18-7-5-4-6-8-18)27-17(3)20-12-11-19(25)14-21(20)26/h4-14,17,23,27H,1-3H3,(H,28,29)/t17-,23-/m0/s1. The molecule has 0 saturated carbocycles. The molecule has 3 aromatic rings. The fraction of sp³-hybridized carbons (Fsp3) is 0.208. The maximum absolute atomic E-state index is 14.2. The summed E-state index contributed by atoms with van der Waals surface area (Å²) in [4.78, 5) is 13.2. The normalized spacial score (nSPS) is 13.0. The number of carbonyl (C=O) groups is 1. The zero-order valence-electron chi connectivity index (χ0n) is 16.7. The van der Waals surface area contributed by atoms with Crippen molar-refractivity contribution in [2.45, 2.75) is 32.9 Å². The van der Waals surface area contributed by atoms with E-state index >= 15 is 0 Å². The van der Waals surface area contributed by atoms with Crippen LogP contribution in [0.3, 0.4) is 0 Å². The Hall–Kier alpha value is -3.05. The molecule has 0 heterocycles. The van der Waals surface area contributed by atoms with Gasteiger partial charge < -0.3 is 5.32 Å². The van der Waals surface area contributed by atoms with Crippen LogP contribution >= 0.6 is 0 Å². The van der Waals surface area contributed by atoms with Gasteiger partial charge in [0.15, 0.2) is 0 Å². The number of halogens is 2. The molecular weight excluding hydrogens is 370 g/mol. The van der Waals surface area contributed by atoms with E-state index in [9.17, 15) is 13.6 Å². The van der Waals surface area contributed by atoms with Gasteiger partial charge in [-0.2, -0.15) is 0 Å². The summed E-state index contributed by atoms with van der Waals surface area (Å²) < 4.78 is 27.5. The van der Waals surface area contributed by atoms with Gasteiger partial charge in [0.05, 0.1) is 0 Å². The van der Waals surface area contributed by atoms with E-state index in [0.717, 1.165) is 28.4 Å². The van der Waals surface area contributed by atoms with Crippen molar-refractivity contribution in [3.05, 3.63) is 101 Å². The van der Waals surface area contributed by atoms with Gasteiger partial charge in [-0.05, 0) is 49.6 Å². The molecule has 0 aliphatic heterocycles. The first-order valence-corrected chi connectivity index (χ1v) is 9.49. The Morgan fingerprint density at radius 3 is 2.34 bits per heavy atom. The molecular formula is C24H24F2N2O. The van der Waals surface area contributed by atoms with Gasteiger partial charge in [-0.15, -0.1) is 0 Å². The van der Waals surface area contributed by atoms with Gasteiger partial charge in [-0.1, -0.05) is 48.5 Å². The van der Waals surface area contributed by atoms with Crippen molar-refractivity contribution in [2.24, 2.45) is 0 Å². The number of amides is 1. The van der Waals surface area contributed by atoms with Gasteiger partial charge in [0.2, 0.25) is 5.91 Å². The Morgan fingerprint density at radius 1 is 0.931 bits per heavy atom. The molecule has 0 spiro atoms. The van der Waals surface area contributed by atoms with Crippen molar-refractivity contribution in [2.75, 3.05) is 5.32 Å². The highest BCUT2D eigenvalue weighted by Crippen LogP contribution is 2.25. The number of benzene rings is 3. The fourth-order valence-electron chi connectivity index (χ4n) is 3.24. The van der Waals surface area contributed by atoms with E-state index in [2.05, 4.69) is 10.6 Å². The first-order valence-electron chi connectivity index (χ1n) is 9.49. The summed E-state index contributed by atoms with van der Waals surface area (Å²) in [5, 5.41) is 6.16. The van der Waals surface area contributed by atoms with E-state index < -0.39 is 23.7 Å². The van der Waals surface area contributed by atoms with E-state index in [1.165, 1.54) is 12.1 Å².